The Morgan fingerprint density at radius 1 is 1.29 bits per heavy atom. The largest absolute Gasteiger partial charge is 0.324 e. The third kappa shape index (κ3) is 3.57. The Bertz CT molecular complexity index is 514. The smallest absolute Gasteiger partial charge is 0.228 e. The van der Waals surface area contributed by atoms with Crippen LogP contribution in [0.3, 0.4) is 0 Å². The van der Waals surface area contributed by atoms with Gasteiger partial charge in [0.1, 0.15) is 0 Å². The van der Waals surface area contributed by atoms with Crippen molar-refractivity contribution in [3.8, 4) is 0 Å². The highest BCUT2D eigenvalue weighted by Gasteiger charge is 2.04. The Labute approximate surface area is 104 Å². The number of anilines is 1. The number of hydrogen-bond donors (Lipinski definition) is 1. The van der Waals surface area contributed by atoms with Crippen LogP contribution in [0, 0.1) is 0 Å². The number of nitrogens with one attached hydrogen (secondary N) is 1. The van der Waals surface area contributed by atoms with Crippen molar-refractivity contribution in [1.82, 2.24) is 4.98 Å². The fraction of sp³-hybridized carbons (Fsp3) is 0.0769. The predicted octanol–water partition coefficient (Wildman–Crippen LogP) is 2.92. The van der Waals surface area contributed by atoms with E-state index in [0.717, 1.165) is 5.56 Å². The zero-order chi connectivity index (χ0) is 12.1. The number of rotatable bonds is 3. The highest BCUT2D eigenvalue weighted by Crippen LogP contribution is 2.12. The van der Waals surface area contributed by atoms with Crippen molar-refractivity contribution in [2.75, 3.05) is 5.32 Å². The van der Waals surface area contributed by atoms with E-state index in [9.17, 15) is 4.79 Å². The van der Waals surface area contributed by atoms with Crippen LogP contribution in [0.25, 0.3) is 0 Å². The van der Waals surface area contributed by atoms with Gasteiger partial charge in [-0.05, 0) is 29.8 Å². The summed E-state index contributed by atoms with van der Waals surface area (Å²) in [6, 6.07) is 10.8. The summed E-state index contributed by atoms with van der Waals surface area (Å²) in [4.78, 5) is 15.6. The second-order valence-electron chi connectivity index (χ2n) is 3.60. The molecule has 0 aliphatic rings. The Morgan fingerprint density at radius 3 is 2.88 bits per heavy atom. The van der Waals surface area contributed by atoms with Gasteiger partial charge in [-0.15, -0.1) is 0 Å². The minimum absolute atomic E-state index is 0.0831. The molecule has 4 heteroatoms. The highest BCUT2D eigenvalue weighted by molar-refractivity contribution is 6.30. The molecule has 0 bridgehead atoms. The van der Waals surface area contributed by atoms with E-state index in [1.165, 1.54) is 0 Å². The molecule has 86 valence electrons. The molecule has 2 rings (SSSR count). The van der Waals surface area contributed by atoms with Gasteiger partial charge in [-0.2, -0.15) is 0 Å². The molecule has 2 aromatic rings. The summed E-state index contributed by atoms with van der Waals surface area (Å²) in [6.07, 6.45) is 3.57. The van der Waals surface area contributed by atoms with E-state index in [2.05, 4.69) is 10.3 Å². The van der Waals surface area contributed by atoms with Gasteiger partial charge < -0.3 is 5.32 Å². The van der Waals surface area contributed by atoms with Crippen molar-refractivity contribution in [2.45, 2.75) is 6.42 Å². The fourth-order valence-electron chi connectivity index (χ4n) is 1.47. The predicted molar refractivity (Wildman–Crippen MR) is 68.0 cm³/mol. The molecule has 17 heavy (non-hydrogen) atoms. The van der Waals surface area contributed by atoms with Gasteiger partial charge in [0.05, 0.1) is 18.3 Å². The molecule has 0 aliphatic carbocycles. The summed E-state index contributed by atoms with van der Waals surface area (Å²) >= 11 is 5.85. The van der Waals surface area contributed by atoms with Crippen LogP contribution in [0.1, 0.15) is 5.56 Å². The van der Waals surface area contributed by atoms with Gasteiger partial charge in [-0.3, -0.25) is 9.78 Å². The van der Waals surface area contributed by atoms with Crippen LogP contribution < -0.4 is 5.32 Å². The lowest BCUT2D eigenvalue weighted by Crippen LogP contribution is -2.14. The van der Waals surface area contributed by atoms with Crippen molar-refractivity contribution in [3.05, 3.63) is 59.4 Å². The minimum atomic E-state index is -0.0831. The van der Waals surface area contributed by atoms with Crippen LogP contribution in [0.5, 0.6) is 0 Å². The normalized spacial score (nSPS) is 9.94. The van der Waals surface area contributed by atoms with E-state index in [1.807, 2.05) is 12.1 Å². The van der Waals surface area contributed by atoms with Gasteiger partial charge in [-0.1, -0.05) is 23.7 Å². The van der Waals surface area contributed by atoms with Crippen molar-refractivity contribution in [2.24, 2.45) is 0 Å². The van der Waals surface area contributed by atoms with Crippen molar-refractivity contribution in [1.29, 1.82) is 0 Å². The summed E-state index contributed by atoms with van der Waals surface area (Å²) in [5, 5.41) is 3.40. The Hall–Kier alpha value is -1.87. The lowest BCUT2D eigenvalue weighted by molar-refractivity contribution is -0.115. The van der Waals surface area contributed by atoms with Crippen LogP contribution in [0.2, 0.25) is 5.02 Å². The molecule has 0 saturated heterocycles. The molecular formula is C13H11ClN2O. The number of carbonyl (C=O) groups excluding carboxylic acids is 1. The lowest BCUT2D eigenvalue weighted by Gasteiger charge is -2.04. The maximum Gasteiger partial charge on any atom is 0.228 e. The summed E-state index contributed by atoms with van der Waals surface area (Å²) < 4.78 is 0. The number of amides is 1. The van der Waals surface area contributed by atoms with Gasteiger partial charge in [-0.25, -0.2) is 0 Å². The molecule has 0 aliphatic heterocycles. The number of nitrogens with zero attached hydrogens (tertiary/aromatic N) is 1. The van der Waals surface area contributed by atoms with Gasteiger partial charge >= 0.3 is 0 Å². The van der Waals surface area contributed by atoms with E-state index >= 15 is 0 Å². The molecule has 0 fully saturated rings. The first-order chi connectivity index (χ1) is 8.24. The first kappa shape index (κ1) is 11.6. The van der Waals surface area contributed by atoms with Crippen LogP contribution in [0.4, 0.5) is 5.69 Å². The lowest BCUT2D eigenvalue weighted by atomic mass is 10.1. The summed E-state index contributed by atoms with van der Waals surface area (Å²) in [5.41, 5.74) is 1.58. The Balaban J connectivity index is 1.98. The van der Waals surface area contributed by atoms with E-state index in [0.29, 0.717) is 17.1 Å². The van der Waals surface area contributed by atoms with E-state index < -0.39 is 0 Å². The second kappa shape index (κ2) is 5.46. The molecule has 3 nitrogen and oxygen atoms in total. The fourth-order valence-corrected chi connectivity index (χ4v) is 1.69. The number of aromatic nitrogens is 1. The van der Waals surface area contributed by atoms with Crippen molar-refractivity contribution in [3.63, 3.8) is 0 Å². The Kier molecular flexibility index (Phi) is 3.73. The van der Waals surface area contributed by atoms with Gasteiger partial charge in [0.2, 0.25) is 5.91 Å². The number of pyridine rings is 1. The van der Waals surface area contributed by atoms with Crippen LogP contribution in [0.15, 0.2) is 48.8 Å². The van der Waals surface area contributed by atoms with E-state index in [4.69, 9.17) is 11.6 Å². The SMILES string of the molecule is O=C(Cc1cccc(Cl)c1)Nc1cccnc1. The molecule has 0 atom stereocenters. The molecule has 0 radical (unpaired) electrons. The molecule has 1 aromatic heterocycles. The average Bonchev–Trinajstić information content (AvgIpc) is 2.30. The molecule has 1 aromatic carbocycles. The van der Waals surface area contributed by atoms with Gasteiger partial charge in [0.15, 0.2) is 0 Å². The maximum absolute atomic E-state index is 11.7. The standard InChI is InChI=1S/C13H11ClN2O/c14-11-4-1-3-10(7-11)8-13(17)16-12-5-2-6-15-9-12/h1-7,9H,8H2,(H,16,17). The number of hydrogen-bond acceptors (Lipinski definition) is 2. The zero-order valence-electron chi connectivity index (χ0n) is 9.06. The molecule has 1 amide bonds. The van der Waals surface area contributed by atoms with Crippen LogP contribution >= 0.6 is 11.6 Å². The Morgan fingerprint density at radius 2 is 2.18 bits per heavy atom. The summed E-state index contributed by atoms with van der Waals surface area (Å²) in [5.74, 6) is -0.0831. The minimum Gasteiger partial charge on any atom is -0.324 e. The number of carbonyl (C=O) groups is 1. The molecule has 1 heterocycles. The summed E-state index contributed by atoms with van der Waals surface area (Å²) in [7, 11) is 0. The molecule has 0 spiro atoms. The molecule has 0 saturated carbocycles. The first-order valence-electron chi connectivity index (χ1n) is 5.18. The van der Waals surface area contributed by atoms with Gasteiger partial charge in [0, 0.05) is 11.2 Å². The van der Waals surface area contributed by atoms with E-state index in [-0.39, 0.29) is 5.91 Å². The van der Waals surface area contributed by atoms with Crippen LogP contribution in [-0.2, 0) is 11.2 Å². The third-order valence-corrected chi connectivity index (χ3v) is 2.43. The quantitative estimate of drug-likeness (QED) is 0.905. The molecule has 1 N–H and O–H groups in total. The van der Waals surface area contributed by atoms with E-state index in [1.54, 1.807) is 36.7 Å². The zero-order valence-corrected chi connectivity index (χ0v) is 9.82. The third-order valence-electron chi connectivity index (χ3n) is 2.20. The van der Waals surface area contributed by atoms with Crippen molar-refractivity contribution < 1.29 is 4.79 Å². The average molecular weight is 247 g/mol. The summed E-state index contributed by atoms with van der Waals surface area (Å²) in [6.45, 7) is 0. The maximum atomic E-state index is 11.7. The number of benzene rings is 1. The highest BCUT2D eigenvalue weighted by atomic mass is 35.5. The first-order valence-corrected chi connectivity index (χ1v) is 5.56. The molecule has 0 unspecified atom stereocenters. The van der Waals surface area contributed by atoms with Crippen molar-refractivity contribution >= 4 is 23.2 Å². The topological polar surface area (TPSA) is 42.0 Å². The monoisotopic (exact) mass is 246 g/mol. The number of halogens is 1. The van der Waals surface area contributed by atoms with Crippen LogP contribution in [-0.4, -0.2) is 10.9 Å². The second-order valence-corrected chi connectivity index (χ2v) is 4.03. The van der Waals surface area contributed by atoms with Gasteiger partial charge in [0.25, 0.3) is 0 Å². The molecular weight excluding hydrogens is 236 g/mol.